The van der Waals surface area contributed by atoms with Crippen molar-refractivity contribution in [2.45, 2.75) is 32.9 Å². The van der Waals surface area contributed by atoms with Gasteiger partial charge >= 0.3 is 11.7 Å². The molecule has 4 aromatic rings. The normalized spacial score (nSPS) is 11.5. The summed E-state index contributed by atoms with van der Waals surface area (Å²) in [5, 5.41) is 5.08. The highest BCUT2D eigenvalue weighted by molar-refractivity contribution is 5.92. The number of fused-ring (bicyclic) bond motifs is 2. The zero-order valence-electron chi connectivity index (χ0n) is 15.7. The number of pyridine rings is 1. The monoisotopic (exact) mass is 380 g/mol. The van der Waals surface area contributed by atoms with Crippen LogP contribution in [0.15, 0.2) is 51.9 Å². The zero-order valence-corrected chi connectivity index (χ0v) is 15.7. The molecule has 0 aliphatic heterocycles. The Bertz CT molecular complexity index is 1200. The van der Waals surface area contributed by atoms with Crippen LogP contribution in [0.25, 0.3) is 22.1 Å². The van der Waals surface area contributed by atoms with Gasteiger partial charge in [0.05, 0.1) is 23.9 Å². The first-order valence-corrected chi connectivity index (χ1v) is 9.13. The number of hydrogen-bond acceptors (Lipinski definition) is 6. The molecular formula is C20H20N4O4. The molecule has 0 amide bonds. The van der Waals surface area contributed by atoms with E-state index >= 15 is 0 Å². The number of carbonyl (C=O) groups excluding carboxylic acids is 1. The van der Waals surface area contributed by atoms with E-state index in [4.69, 9.17) is 9.15 Å². The lowest BCUT2D eigenvalue weighted by Crippen LogP contribution is -2.16. The van der Waals surface area contributed by atoms with Crippen LogP contribution in [0.3, 0.4) is 0 Å². The van der Waals surface area contributed by atoms with Crippen LogP contribution in [0.5, 0.6) is 0 Å². The summed E-state index contributed by atoms with van der Waals surface area (Å²) in [6, 6.07) is 9.14. The Balaban J connectivity index is 1.38. The number of benzene rings is 1. The Kier molecular flexibility index (Phi) is 4.68. The molecule has 0 N–H and O–H groups in total. The van der Waals surface area contributed by atoms with Crippen LogP contribution in [-0.2, 0) is 11.3 Å². The van der Waals surface area contributed by atoms with Gasteiger partial charge in [-0.2, -0.15) is 5.10 Å². The zero-order chi connectivity index (χ0) is 19.7. The van der Waals surface area contributed by atoms with Crippen molar-refractivity contribution in [1.82, 2.24) is 19.3 Å². The minimum absolute atomic E-state index is 0.185. The maximum Gasteiger partial charge on any atom is 0.419 e. The summed E-state index contributed by atoms with van der Waals surface area (Å²) in [4.78, 5) is 28.6. The van der Waals surface area contributed by atoms with Crippen molar-refractivity contribution in [3.8, 4) is 0 Å². The van der Waals surface area contributed by atoms with Crippen molar-refractivity contribution in [2.24, 2.45) is 0 Å². The molecule has 3 heterocycles. The Labute approximate surface area is 160 Å². The summed E-state index contributed by atoms with van der Waals surface area (Å²) in [5.41, 5.74) is 2.39. The Morgan fingerprint density at radius 2 is 2.07 bits per heavy atom. The van der Waals surface area contributed by atoms with E-state index < -0.39 is 11.7 Å². The van der Waals surface area contributed by atoms with Crippen molar-refractivity contribution in [3.63, 3.8) is 0 Å². The van der Waals surface area contributed by atoms with Crippen LogP contribution in [-0.4, -0.2) is 31.9 Å². The fourth-order valence-electron chi connectivity index (χ4n) is 3.13. The summed E-state index contributed by atoms with van der Waals surface area (Å²) >= 11 is 0. The third-order valence-corrected chi connectivity index (χ3v) is 4.49. The average molecular weight is 380 g/mol. The molecule has 0 bridgehead atoms. The number of rotatable bonds is 6. The van der Waals surface area contributed by atoms with Gasteiger partial charge in [0.1, 0.15) is 0 Å². The maximum absolute atomic E-state index is 12.3. The molecule has 0 radical (unpaired) electrons. The van der Waals surface area contributed by atoms with E-state index in [1.807, 2.05) is 32.0 Å². The first kappa shape index (κ1) is 18.0. The molecule has 0 saturated carbocycles. The molecule has 4 rings (SSSR count). The van der Waals surface area contributed by atoms with Crippen LogP contribution in [0.2, 0.25) is 0 Å². The van der Waals surface area contributed by atoms with Crippen LogP contribution in [0.4, 0.5) is 0 Å². The highest BCUT2D eigenvalue weighted by Crippen LogP contribution is 2.17. The minimum Gasteiger partial charge on any atom is -0.462 e. The van der Waals surface area contributed by atoms with Gasteiger partial charge in [0, 0.05) is 24.2 Å². The Morgan fingerprint density at radius 3 is 2.89 bits per heavy atom. The molecule has 1 aromatic carbocycles. The van der Waals surface area contributed by atoms with Crippen molar-refractivity contribution in [2.75, 3.05) is 6.61 Å². The summed E-state index contributed by atoms with van der Waals surface area (Å²) in [6.45, 7) is 4.63. The second-order valence-corrected chi connectivity index (χ2v) is 6.80. The van der Waals surface area contributed by atoms with Gasteiger partial charge in [-0.25, -0.2) is 19.3 Å². The molecule has 144 valence electrons. The molecule has 28 heavy (non-hydrogen) atoms. The molecule has 0 fully saturated rings. The second kappa shape index (κ2) is 7.30. The number of esters is 1. The summed E-state index contributed by atoms with van der Waals surface area (Å²) in [7, 11) is 0. The van der Waals surface area contributed by atoms with Crippen LogP contribution in [0.1, 0.15) is 36.7 Å². The smallest absolute Gasteiger partial charge is 0.419 e. The third-order valence-electron chi connectivity index (χ3n) is 4.49. The lowest BCUT2D eigenvalue weighted by molar-refractivity contribution is 0.0495. The van der Waals surface area contributed by atoms with Gasteiger partial charge in [-0.3, -0.25) is 4.57 Å². The fourth-order valence-corrected chi connectivity index (χ4v) is 3.13. The quantitative estimate of drug-likeness (QED) is 0.377. The van der Waals surface area contributed by atoms with Crippen molar-refractivity contribution in [3.05, 3.63) is 58.8 Å². The van der Waals surface area contributed by atoms with Gasteiger partial charge in [0.25, 0.3) is 0 Å². The third kappa shape index (κ3) is 3.28. The van der Waals surface area contributed by atoms with E-state index in [2.05, 4.69) is 10.1 Å². The van der Waals surface area contributed by atoms with Gasteiger partial charge in [0.15, 0.2) is 11.2 Å². The number of para-hydroxylation sites is 2. The molecular weight excluding hydrogens is 360 g/mol. The van der Waals surface area contributed by atoms with E-state index in [1.165, 1.54) is 10.8 Å². The van der Waals surface area contributed by atoms with Crippen molar-refractivity contribution >= 4 is 28.1 Å². The van der Waals surface area contributed by atoms with Crippen LogP contribution >= 0.6 is 0 Å². The highest BCUT2D eigenvalue weighted by atomic mass is 16.5. The molecule has 0 spiro atoms. The standard InChI is InChI=1S/C20H20N4O4/c1-13(2)24-18-14(12-22-24)10-15(11-21-18)19(25)27-9-5-8-23-16-6-3-4-7-17(16)28-20(23)26/h3-4,6-7,10-13H,5,8-9H2,1-2H3. The Hall–Kier alpha value is -3.42. The molecule has 0 unspecified atom stereocenters. The van der Waals surface area contributed by atoms with Gasteiger partial charge in [-0.05, 0) is 38.5 Å². The second-order valence-electron chi connectivity index (χ2n) is 6.80. The summed E-state index contributed by atoms with van der Waals surface area (Å²) in [6.07, 6.45) is 3.69. The number of oxazole rings is 1. The SMILES string of the molecule is CC(C)n1ncc2cc(C(=O)OCCCn3c(=O)oc4ccccc43)cnc21. The molecule has 0 saturated heterocycles. The molecule has 8 nitrogen and oxygen atoms in total. The molecule has 3 aromatic heterocycles. The van der Waals surface area contributed by atoms with Gasteiger partial charge in [0.2, 0.25) is 0 Å². The number of ether oxygens (including phenoxy) is 1. The molecule has 8 heteroatoms. The summed E-state index contributed by atoms with van der Waals surface area (Å²) < 4.78 is 13.9. The number of aromatic nitrogens is 4. The van der Waals surface area contributed by atoms with E-state index in [0.717, 1.165) is 16.6 Å². The molecule has 0 aliphatic rings. The van der Waals surface area contributed by atoms with Crippen LogP contribution < -0.4 is 5.76 Å². The number of nitrogens with zero attached hydrogens (tertiary/aromatic N) is 4. The van der Waals surface area contributed by atoms with Crippen LogP contribution in [0, 0.1) is 0 Å². The predicted molar refractivity (Wildman–Crippen MR) is 103 cm³/mol. The van der Waals surface area contributed by atoms with E-state index in [1.54, 1.807) is 23.0 Å². The van der Waals surface area contributed by atoms with E-state index in [9.17, 15) is 9.59 Å². The number of carbonyl (C=O) groups is 1. The Morgan fingerprint density at radius 1 is 1.25 bits per heavy atom. The minimum atomic E-state index is -0.448. The first-order valence-electron chi connectivity index (χ1n) is 9.13. The maximum atomic E-state index is 12.3. The highest BCUT2D eigenvalue weighted by Gasteiger charge is 2.13. The van der Waals surface area contributed by atoms with Crippen molar-refractivity contribution < 1.29 is 13.9 Å². The number of hydrogen-bond donors (Lipinski definition) is 0. The molecule has 0 atom stereocenters. The summed E-state index contributed by atoms with van der Waals surface area (Å²) in [5.74, 6) is -0.861. The molecule has 0 aliphatic carbocycles. The van der Waals surface area contributed by atoms with E-state index in [-0.39, 0.29) is 12.6 Å². The van der Waals surface area contributed by atoms with Gasteiger partial charge in [-0.1, -0.05) is 12.1 Å². The van der Waals surface area contributed by atoms with Gasteiger partial charge < -0.3 is 9.15 Å². The van der Waals surface area contributed by atoms with Gasteiger partial charge in [-0.15, -0.1) is 0 Å². The fraction of sp³-hybridized carbons (Fsp3) is 0.300. The largest absolute Gasteiger partial charge is 0.462 e. The van der Waals surface area contributed by atoms with E-state index in [0.29, 0.717) is 24.1 Å². The lowest BCUT2D eigenvalue weighted by atomic mass is 10.2. The van der Waals surface area contributed by atoms with Crippen molar-refractivity contribution in [1.29, 1.82) is 0 Å². The number of aryl methyl sites for hydroxylation is 1. The predicted octanol–water partition coefficient (Wildman–Crippen LogP) is 3.17. The first-order chi connectivity index (χ1) is 13.5. The lowest BCUT2D eigenvalue weighted by Gasteiger charge is -2.07. The average Bonchev–Trinajstić information content (AvgIpc) is 3.25. The topological polar surface area (TPSA) is 92.2 Å².